The lowest BCUT2D eigenvalue weighted by Gasteiger charge is -2.14. The molecule has 1 aromatic heterocycles. The Kier molecular flexibility index (Phi) is 5.78. The minimum Gasteiger partial charge on any atom is -0.493 e. The normalized spacial score (nSPS) is 11.4. The van der Waals surface area contributed by atoms with Crippen LogP contribution in [-0.2, 0) is 6.54 Å². The maximum Gasteiger partial charge on any atom is 0.333 e. The first-order valence-electron chi connectivity index (χ1n) is 9.91. The van der Waals surface area contributed by atoms with Crippen molar-refractivity contribution in [3.05, 3.63) is 70.2 Å². The van der Waals surface area contributed by atoms with Crippen molar-refractivity contribution < 1.29 is 4.74 Å². The molecule has 0 aliphatic heterocycles. The molecule has 0 spiro atoms. The van der Waals surface area contributed by atoms with Crippen molar-refractivity contribution >= 4 is 16.7 Å². The van der Waals surface area contributed by atoms with E-state index in [2.05, 4.69) is 52.5 Å². The fourth-order valence-corrected chi connectivity index (χ4v) is 3.59. The van der Waals surface area contributed by atoms with E-state index in [-0.39, 0.29) is 5.69 Å². The van der Waals surface area contributed by atoms with Gasteiger partial charge in [-0.2, -0.15) is 0 Å². The fraction of sp³-hybridized carbons (Fsp3) is 0.375. The first kappa shape index (κ1) is 20.0. The molecule has 0 saturated carbocycles. The van der Waals surface area contributed by atoms with E-state index in [1.165, 1.54) is 16.7 Å². The van der Waals surface area contributed by atoms with Crippen LogP contribution in [0.3, 0.4) is 0 Å². The monoisotopic (exact) mass is 378 g/mol. The molecule has 3 rings (SSSR count). The van der Waals surface area contributed by atoms with E-state index in [4.69, 9.17) is 4.74 Å². The van der Waals surface area contributed by atoms with Crippen LogP contribution < -0.4 is 10.4 Å². The van der Waals surface area contributed by atoms with E-state index in [1.807, 2.05) is 29.7 Å². The molecule has 0 unspecified atom stereocenters. The first-order chi connectivity index (χ1) is 13.3. The summed E-state index contributed by atoms with van der Waals surface area (Å²) in [6.45, 7) is 15.5. The third kappa shape index (κ3) is 3.77. The highest BCUT2D eigenvalue weighted by Gasteiger charge is 2.15. The molecule has 2 aromatic carbocycles. The Bertz CT molecular complexity index is 1070. The number of para-hydroxylation sites is 1. The Hall–Kier alpha value is -2.75. The van der Waals surface area contributed by atoms with Gasteiger partial charge in [0, 0.05) is 12.2 Å². The molecular formula is C24H30N2O2. The van der Waals surface area contributed by atoms with Crippen LogP contribution in [0, 0.1) is 13.8 Å². The maximum absolute atomic E-state index is 13.0. The predicted molar refractivity (Wildman–Crippen MR) is 117 cm³/mol. The third-order valence-electron chi connectivity index (χ3n) is 5.25. The number of rotatable bonds is 7. The molecule has 0 atom stereocenters. The largest absolute Gasteiger partial charge is 0.493 e. The van der Waals surface area contributed by atoms with Gasteiger partial charge in [0.15, 0.2) is 0 Å². The highest BCUT2D eigenvalue weighted by molar-refractivity contribution is 5.81. The van der Waals surface area contributed by atoms with Gasteiger partial charge in [-0.15, -0.1) is 0 Å². The molecule has 28 heavy (non-hydrogen) atoms. The molecule has 148 valence electrons. The molecule has 0 aliphatic carbocycles. The summed E-state index contributed by atoms with van der Waals surface area (Å²) in [4.78, 5) is 13.0. The zero-order valence-electron chi connectivity index (χ0n) is 17.6. The van der Waals surface area contributed by atoms with Crippen LogP contribution in [-0.4, -0.2) is 15.7 Å². The number of aromatic nitrogens is 2. The molecule has 4 nitrogen and oxygen atoms in total. The van der Waals surface area contributed by atoms with Crippen molar-refractivity contribution in [3.63, 3.8) is 0 Å². The van der Waals surface area contributed by atoms with Gasteiger partial charge in [0.25, 0.3) is 0 Å². The molecule has 0 saturated heterocycles. The van der Waals surface area contributed by atoms with Gasteiger partial charge in [-0.05, 0) is 68.0 Å². The number of allylic oxidation sites excluding steroid dienone is 1. The third-order valence-corrected chi connectivity index (χ3v) is 5.25. The molecule has 0 fully saturated rings. The summed E-state index contributed by atoms with van der Waals surface area (Å²) in [6.07, 6.45) is 0.758. The van der Waals surface area contributed by atoms with Gasteiger partial charge in [-0.1, -0.05) is 38.6 Å². The average Bonchev–Trinajstić information content (AvgIpc) is 2.90. The van der Waals surface area contributed by atoms with E-state index in [1.54, 1.807) is 4.57 Å². The molecule has 0 aliphatic rings. The number of aryl methyl sites for hydroxylation is 3. The summed E-state index contributed by atoms with van der Waals surface area (Å²) < 4.78 is 9.58. The van der Waals surface area contributed by atoms with Crippen molar-refractivity contribution in [1.29, 1.82) is 0 Å². The summed E-state index contributed by atoms with van der Waals surface area (Å²) in [7, 11) is 0. The SMILES string of the molecule is C=C(C)n1c(=O)n(CCCOc2ccccc2C(C)C)c2cc(C)c(C)cc21. The number of nitrogens with zero attached hydrogens (tertiary/aromatic N) is 2. The second-order valence-electron chi connectivity index (χ2n) is 7.82. The number of imidazole rings is 1. The van der Waals surface area contributed by atoms with Crippen LogP contribution in [0.1, 0.15) is 49.8 Å². The summed E-state index contributed by atoms with van der Waals surface area (Å²) >= 11 is 0. The van der Waals surface area contributed by atoms with Gasteiger partial charge in [0.1, 0.15) is 5.75 Å². The number of ether oxygens (including phenoxy) is 1. The van der Waals surface area contributed by atoms with Crippen LogP contribution in [0.25, 0.3) is 16.7 Å². The Balaban J connectivity index is 1.82. The fourth-order valence-electron chi connectivity index (χ4n) is 3.59. The van der Waals surface area contributed by atoms with Crippen molar-refractivity contribution in [3.8, 4) is 5.75 Å². The average molecular weight is 379 g/mol. The number of benzene rings is 2. The van der Waals surface area contributed by atoms with Crippen molar-refractivity contribution in [2.75, 3.05) is 6.61 Å². The van der Waals surface area contributed by atoms with Crippen LogP contribution in [0.15, 0.2) is 47.8 Å². The van der Waals surface area contributed by atoms with Gasteiger partial charge in [-0.25, -0.2) is 4.79 Å². The van der Waals surface area contributed by atoms with Gasteiger partial charge >= 0.3 is 5.69 Å². The lowest BCUT2D eigenvalue weighted by Crippen LogP contribution is -2.24. The number of hydrogen-bond donors (Lipinski definition) is 0. The Morgan fingerprint density at radius 1 is 1.11 bits per heavy atom. The van der Waals surface area contributed by atoms with Crippen molar-refractivity contribution in [1.82, 2.24) is 9.13 Å². The minimum absolute atomic E-state index is 0.0323. The summed E-state index contributed by atoms with van der Waals surface area (Å²) in [5.41, 5.74) is 6.15. The Labute approximate surface area is 167 Å². The quantitative estimate of drug-likeness (QED) is 0.509. The minimum atomic E-state index is -0.0323. The smallest absolute Gasteiger partial charge is 0.333 e. The Morgan fingerprint density at radius 2 is 1.75 bits per heavy atom. The summed E-state index contributed by atoms with van der Waals surface area (Å²) in [6, 6.07) is 12.3. The van der Waals surface area contributed by atoms with Crippen LogP contribution in [0.5, 0.6) is 5.75 Å². The van der Waals surface area contributed by atoms with Crippen LogP contribution in [0.2, 0.25) is 0 Å². The summed E-state index contributed by atoms with van der Waals surface area (Å²) in [5, 5.41) is 0. The van der Waals surface area contributed by atoms with Crippen molar-refractivity contribution in [2.24, 2.45) is 0 Å². The predicted octanol–water partition coefficient (Wildman–Crippen LogP) is 5.50. The zero-order valence-corrected chi connectivity index (χ0v) is 17.6. The standard InChI is InChI=1S/C24H30N2O2/c1-16(2)20-10-7-8-11-23(20)28-13-9-12-25-21-14-18(5)19(6)15-22(21)26(17(3)4)24(25)27/h7-8,10-11,14-16H,3,9,12-13H2,1-2,4-6H3. The van der Waals surface area contributed by atoms with Gasteiger partial charge < -0.3 is 4.74 Å². The van der Waals surface area contributed by atoms with E-state index in [0.29, 0.717) is 19.1 Å². The second-order valence-corrected chi connectivity index (χ2v) is 7.82. The van der Waals surface area contributed by atoms with Crippen LogP contribution >= 0.6 is 0 Å². The van der Waals surface area contributed by atoms with E-state index >= 15 is 0 Å². The molecule has 0 N–H and O–H groups in total. The number of fused-ring (bicyclic) bond motifs is 1. The lowest BCUT2D eigenvalue weighted by atomic mass is 10.0. The molecule has 3 aromatic rings. The number of hydrogen-bond acceptors (Lipinski definition) is 2. The highest BCUT2D eigenvalue weighted by Crippen LogP contribution is 2.26. The zero-order chi connectivity index (χ0) is 20.4. The van der Waals surface area contributed by atoms with E-state index in [9.17, 15) is 4.79 Å². The Morgan fingerprint density at radius 3 is 2.39 bits per heavy atom. The van der Waals surface area contributed by atoms with E-state index < -0.39 is 0 Å². The van der Waals surface area contributed by atoms with Gasteiger partial charge in [0.05, 0.1) is 17.6 Å². The molecule has 0 bridgehead atoms. The lowest BCUT2D eigenvalue weighted by molar-refractivity contribution is 0.298. The molecule has 0 amide bonds. The van der Waals surface area contributed by atoms with Crippen LogP contribution in [0.4, 0.5) is 0 Å². The highest BCUT2D eigenvalue weighted by atomic mass is 16.5. The molecule has 0 radical (unpaired) electrons. The van der Waals surface area contributed by atoms with E-state index in [0.717, 1.165) is 28.9 Å². The first-order valence-corrected chi connectivity index (χ1v) is 9.91. The van der Waals surface area contributed by atoms with Gasteiger partial charge in [0.2, 0.25) is 0 Å². The molecule has 1 heterocycles. The van der Waals surface area contributed by atoms with Gasteiger partial charge in [-0.3, -0.25) is 9.13 Å². The van der Waals surface area contributed by atoms with Crippen molar-refractivity contribution in [2.45, 2.75) is 53.5 Å². The molecular weight excluding hydrogens is 348 g/mol. The second kappa shape index (κ2) is 8.09. The molecule has 4 heteroatoms. The summed E-state index contributed by atoms with van der Waals surface area (Å²) in [5.74, 6) is 1.35. The maximum atomic E-state index is 13.0. The topological polar surface area (TPSA) is 36.2 Å².